The van der Waals surface area contributed by atoms with Crippen LogP contribution in [0.25, 0.3) is 11.0 Å². The fourth-order valence-corrected chi connectivity index (χ4v) is 4.17. The normalized spacial score (nSPS) is 10.7. The Morgan fingerprint density at radius 3 is 2.21 bits per heavy atom. The number of rotatable bonds is 7. The number of ether oxygens (including phenoxy) is 1. The molecule has 5 aromatic rings. The molecule has 0 aliphatic heterocycles. The first-order valence-electron chi connectivity index (χ1n) is 11.9. The summed E-state index contributed by atoms with van der Waals surface area (Å²) in [7, 11) is 1.53. The minimum absolute atomic E-state index is 0.0778. The Balaban J connectivity index is 1.41. The molecule has 0 radical (unpaired) electrons. The molecule has 2 amide bonds. The second kappa shape index (κ2) is 10.4. The molecule has 38 heavy (non-hydrogen) atoms. The van der Waals surface area contributed by atoms with E-state index in [1.165, 1.54) is 7.11 Å². The largest absolute Gasteiger partial charge is 0.493 e. The third kappa shape index (κ3) is 4.90. The van der Waals surface area contributed by atoms with Crippen molar-refractivity contribution < 1.29 is 23.5 Å². The van der Waals surface area contributed by atoms with Gasteiger partial charge >= 0.3 is 0 Å². The quantitative estimate of drug-likeness (QED) is 0.247. The lowest BCUT2D eigenvalue weighted by Crippen LogP contribution is -2.19. The lowest BCUT2D eigenvalue weighted by atomic mass is 9.99. The molecular weight excluding hydrogens is 480 g/mol. The molecule has 0 saturated heterocycles. The van der Waals surface area contributed by atoms with Gasteiger partial charge in [0.2, 0.25) is 0 Å². The van der Waals surface area contributed by atoms with E-state index in [9.17, 15) is 14.4 Å². The van der Waals surface area contributed by atoms with Crippen molar-refractivity contribution in [1.29, 1.82) is 0 Å². The molecule has 7 heteroatoms. The minimum Gasteiger partial charge on any atom is -0.493 e. The number of para-hydroxylation sites is 2. The maximum atomic E-state index is 13.4. The standard InChI is InChI=1S/C31H24N2O5/c1-19-15-16-25(23(17-19)28(34)20-9-4-3-5-10-20)32-30(35)22-12-6-7-13-24(22)33-31(36)27-18-21-11-8-14-26(37-2)29(21)38-27/h3-18H,1-2H3,(H,32,35)(H,33,36). The zero-order valence-electron chi connectivity index (χ0n) is 20.8. The first-order valence-corrected chi connectivity index (χ1v) is 11.9. The van der Waals surface area contributed by atoms with Gasteiger partial charge in [0.25, 0.3) is 11.8 Å². The fourth-order valence-electron chi connectivity index (χ4n) is 4.17. The number of aryl methyl sites for hydroxylation is 1. The Labute approximate surface area is 219 Å². The van der Waals surface area contributed by atoms with Crippen molar-refractivity contribution in [2.45, 2.75) is 6.92 Å². The van der Waals surface area contributed by atoms with Crippen molar-refractivity contribution in [1.82, 2.24) is 0 Å². The molecule has 2 N–H and O–H groups in total. The van der Waals surface area contributed by atoms with Crippen LogP contribution in [0, 0.1) is 6.92 Å². The molecule has 4 aromatic carbocycles. The van der Waals surface area contributed by atoms with Crippen LogP contribution in [-0.4, -0.2) is 24.7 Å². The SMILES string of the molecule is COc1cccc2cc(C(=O)Nc3ccccc3C(=O)Nc3ccc(C)cc3C(=O)c3ccccc3)oc12. The van der Waals surface area contributed by atoms with E-state index in [1.54, 1.807) is 78.9 Å². The summed E-state index contributed by atoms with van der Waals surface area (Å²) in [4.78, 5) is 39.6. The minimum atomic E-state index is -0.515. The topological polar surface area (TPSA) is 97.6 Å². The second-order valence-electron chi connectivity index (χ2n) is 8.69. The highest BCUT2D eigenvalue weighted by atomic mass is 16.5. The molecule has 0 spiro atoms. The number of fused-ring (bicyclic) bond motifs is 1. The number of anilines is 2. The third-order valence-corrected chi connectivity index (χ3v) is 6.08. The van der Waals surface area contributed by atoms with E-state index in [0.717, 1.165) is 10.9 Å². The first kappa shape index (κ1) is 24.5. The molecule has 5 rings (SSSR count). The Hall–Kier alpha value is -5.17. The lowest BCUT2D eigenvalue weighted by Gasteiger charge is -2.14. The molecule has 1 heterocycles. The number of benzene rings is 4. The summed E-state index contributed by atoms with van der Waals surface area (Å²) in [5.41, 5.74) is 3.14. The highest BCUT2D eigenvalue weighted by Gasteiger charge is 2.20. The predicted octanol–water partition coefficient (Wildman–Crippen LogP) is 6.49. The van der Waals surface area contributed by atoms with Crippen molar-refractivity contribution in [2.75, 3.05) is 17.7 Å². The van der Waals surface area contributed by atoms with E-state index in [4.69, 9.17) is 9.15 Å². The van der Waals surface area contributed by atoms with Gasteiger partial charge < -0.3 is 19.8 Å². The van der Waals surface area contributed by atoms with E-state index in [2.05, 4.69) is 10.6 Å². The van der Waals surface area contributed by atoms with Crippen LogP contribution in [0.5, 0.6) is 5.75 Å². The fraction of sp³-hybridized carbons (Fsp3) is 0.0645. The van der Waals surface area contributed by atoms with Gasteiger partial charge in [0.1, 0.15) is 0 Å². The summed E-state index contributed by atoms with van der Waals surface area (Å²) in [5, 5.41) is 6.32. The Morgan fingerprint density at radius 2 is 1.42 bits per heavy atom. The number of hydrogen-bond donors (Lipinski definition) is 2. The summed E-state index contributed by atoms with van der Waals surface area (Å²) < 4.78 is 11.0. The molecule has 0 fully saturated rings. The zero-order valence-corrected chi connectivity index (χ0v) is 20.8. The van der Waals surface area contributed by atoms with Gasteiger partial charge in [-0.1, -0.05) is 66.2 Å². The van der Waals surface area contributed by atoms with Crippen molar-refractivity contribution in [3.8, 4) is 5.75 Å². The van der Waals surface area contributed by atoms with Gasteiger partial charge in [-0.3, -0.25) is 14.4 Å². The van der Waals surface area contributed by atoms with E-state index in [0.29, 0.717) is 33.8 Å². The maximum absolute atomic E-state index is 13.4. The van der Waals surface area contributed by atoms with Gasteiger partial charge in [0.05, 0.1) is 24.0 Å². The summed E-state index contributed by atoms with van der Waals surface area (Å²) in [6.45, 7) is 1.88. The molecule has 0 aliphatic carbocycles. The third-order valence-electron chi connectivity index (χ3n) is 6.08. The molecule has 1 aromatic heterocycles. The van der Waals surface area contributed by atoms with Crippen LogP contribution < -0.4 is 15.4 Å². The summed E-state index contributed by atoms with van der Waals surface area (Å²) in [5.74, 6) is -0.599. The van der Waals surface area contributed by atoms with Gasteiger partial charge in [-0.15, -0.1) is 0 Å². The van der Waals surface area contributed by atoms with Crippen LogP contribution in [0.3, 0.4) is 0 Å². The molecule has 0 aliphatic rings. The van der Waals surface area contributed by atoms with Crippen LogP contribution in [0.15, 0.2) is 101 Å². The van der Waals surface area contributed by atoms with Gasteiger partial charge in [0, 0.05) is 16.5 Å². The predicted molar refractivity (Wildman–Crippen MR) is 146 cm³/mol. The molecule has 0 unspecified atom stereocenters. The molecule has 0 atom stereocenters. The van der Waals surface area contributed by atoms with Crippen LogP contribution in [-0.2, 0) is 0 Å². The van der Waals surface area contributed by atoms with Gasteiger partial charge in [-0.2, -0.15) is 0 Å². The first-order chi connectivity index (χ1) is 18.4. The Bertz CT molecular complexity index is 1670. The van der Waals surface area contributed by atoms with Crippen molar-refractivity contribution in [3.63, 3.8) is 0 Å². The number of hydrogen-bond acceptors (Lipinski definition) is 5. The monoisotopic (exact) mass is 504 g/mol. The Morgan fingerprint density at radius 1 is 0.711 bits per heavy atom. The molecule has 188 valence electrons. The number of carbonyl (C=O) groups is 3. The zero-order chi connectivity index (χ0) is 26.6. The van der Waals surface area contributed by atoms with Crippen molar-refractivity contribution in [3.05, 3.63) is 125 Å². The van der Waals surface area contributed by atoms with Crippen LogP contribution >= 0.6 is 0 Å². The average molecular weight is 505 g/mol. The highest BCUT2D eigenvalue weighted by molar-refractivity contribution is 6.17. The molecule has 0 bridgehead atoms. The van der Waals surface area contributed by atoms with Crippen LogP contribution in [0.1, 0.15) is 42.4 Å². The summed E-state index contributed by atoms with van der Waals surface area (Å²) >= 11 is 0. The van der Waals surface area contributed by atoms with Crippen LogP contribution in [0.2, 0.25) is 0 Å². The van der Waals surface area contributed by atoms with Gasteiger partial charge in [-0.05, 0) is 43.3 Å². The number of carbonyl (C=O) groups excluding carboxylic acids is 3. The number of ketones is 1. The number of furan rings is 1. The van der Waals surface area contributed by atoms with Gasteiger partial charge in [0.15, 0.2) is 22.9 Å². The maximum Gasteiger partial charge on any atom is 0.291 e. The van der Waals surface area contributed by atoms with E-state index < -0.39 is 11.8 Å². The Kier molecular flexibility index (Phi) is 6.74. The average Bonchev–Trinajstić information content (AvgIpc) is 3.39. The van der Waals surface area contributed by atoms with E-state index in [1.807, 2.05) is 25.1 Å². The summed E-state index contributed by atoms with van der Waals surface area (Å²) in [6.07, 6.45) is 0. The van der Waals surface area contributed by atoms with Gasteiger partial charge in [-0.25, -0.2) is 0 Å². The molecule has 0 saturated carbocycles. The number of amides is 2. The van der Waals surface area contributed by atoms with Crippen molar-refractivity contribution >= 4 is 39.9 Å². The number of methoxy groups -OCH3 is 1. The smallest absolute Gasteiger partial charge is 0.291 e. The number of nitrogens with one attached hydrogen (secondary N) is 2. The highest BCUT2D eigenvalue weighted by Crippen LogP contribution is 2.29. The molecular formula is C31H24N2O5. The van der Waals surface area contributed by atoms with E-state index >= 15 is 0 Å². The van der Waals surface area contributed by atoms with Crippen molar-refractivity contribution in [2.24, 2.45) is 0 Å². The van der Waals surface area contributed by atoms with Crippen LogP contribution in [0.4, 0.5) is 11.4 Å². The lowest BCUT2D eigenvalue weighted by molar-refractivity contribution is 0.0997. The van der Waals surface area contributed by atoms with E-state index in [-0.39, 0.29) is 17.1 Å². The second-order valence-corrected chi connectivity index (χ2v) is 8.69. The molecule has 7 nitrogen and oxygen atoms in total. The summed E-state index contributed by atoms with van der Waals surface area (Å²) in [6, 6.07) is 27.8.